The highest BCUT2D eigenvalue weighted by atomic mass is 16.4. The summed E-state index contributed by atoms with van der Waals surface area (Å²) in [5.41, 5.74) is 0.411. The van der Waals surface area contributed by atoms with E-state index in [2.05, 4.69) is 4.99 Å². The molecule has 0 amide bonds. The monoisotopic (exact) mass is 223 g/mol. The average Bonchev–Trinajstić information content (AvgIpc) is 2.20. The number of aliphatic hydroxyl groups excluding tert-OH is 1. The van der Waals surface area contributed by atoms with Crippen LogP contribution in [0.15, 0.2) is 29.3 Å². The number of benzene rings is 1. The zero-order valence-electron chi connectivity index (χ0n) is 8.74. The molecule has 86 valence electrons. The normalized spacial score (nSPS) is 14.9. The first-order valence-electron chi connectivity index (χ1n) is 4.74. The molecule has 3 N–H and O–H groups in total. The molecular weight excluding hydrogens is 210 g/mol. The summed E-state index contributed by atoms with van der Waals surface area (Å²) in [7, 11) is 0. The minimum Gasteiger partial charge on any atom is -0.507 e. The van der Waals surface area contributed by atoms with Crippen molar-refractivity contribution in [3.05, 3.63) is 29.8 Å². The molecule has 0 spiro atoms. The van der Waals surface area contributed by atoms with Crippen LogP contribution in [0.25, 0.3) is 0 Å². The lowest BCUT2D eigenvalue weighted by atomic mass is 10.2. The highest BCUT2D eigenvalue weighted by molar-refractivity contribution is 5.86. The molecule has 0 aliphatic heterocycles. The highest BCUT2D eigenvalue weighted by Gasteiger charge is 2.21. The number of rotatable bonds is 4. The van der Waals surface area contributed by atoms with Gasteiger partial charge in [0.1, 0.15) is 5.75 Å². The van der Waals surface area contributed by atoms with E-state index in [1.165, 1.54) is 19.2 Å². The van der Waals surface area contributed by atoms with Crippen molar-refractivity contribution < 1.29 is 20.1 Å². The second kappa shape index (κ2) is 5.27. The molecule has 1 aromatic rings. The molecule has 0 aliphatic rings. The first-order chi connectivity index (χ1) is 7.52. The van der Waals surface area contributed by atoms with Crippen LogP contribution in [0.3, 0.4) is 0 Å². The molecule has 0 aromatic heterocycles. The number of carboxylic acid groups (broad SMARTS) is 1. The minimum absolute atomic E-state index is 0.0148. The Morgan fingerprint density at radius 3 is 2.56 bits per heavy atom. The molecule has 0 unspecified atom stereocenters. The van der Waals surface area contributed by atoms with Crippen molar-refractivity contribution in [1.82, 2.24) is 0 Å². The molecular formula is C11H13NO4. The van der Waals surface area contributed by atoms with Crippen molar-refractivity contribution in [1.29, 1.82) is 0 Å². The largest absolute Gasteiger partial charge is 0.507 e. The Labute approximate surface area is 92.7 Å². The van der Waals surface area contributed by atoms with Gasteiger partial charge >= 0.3 is 5.97 Å². The van der Waals surface area contributed by atoms with Gasteiger partial charge in [-0.2, -0.15) is 0 Å². The maximum absolute atomic E-state index is 10.7. The Balaban J connectivity index is 2.87. The smallest absolute Gasteiger partial charge is 0.331 e. The predicted molar refractivity (Wildman–Crippen MR) is 58.8 cm³/mol. The van der Waals surface area contributed by atoms with E-state index >= 15 is 0 Å². The molecule has 0 saturated carbocycles. The van der Waals surface area contributed by atoms with Crippen LogP contribution >= 0.6 is 0 Å². The number of carbonyl (C=O) groups is 1. The number of hydrogen-bond donors (Lipinski definition) is 3. The molecule has 0 fully saturated rings. The number of phenolic OH excluding ortho intramolecular Hbond substituents is 1. The summed E-state index contributed by atoms with van der Waals surface area (Å²) in [5.74, 6) is -1.19. The van der Waals surface area contributed by atoms with Gasteiger partial charge in [-0.1, -0.05) is 12.1 Å². The highest BCUT2D eigenvalue weighted by Crippen LogP contribution is 2.13. The van der Waals surface area contributed by atoms with Gasteiger partial charge in [0.25, 0.3) is 0 Å². The van der Waals surface area contributed by atoms with Gasteiger partial charge in [-0.25, -0.2) is 4.79 Å². The molecule has 5 heteroatoms. The third kappa shape index (κ3) is 3.06. The van der Waals surface area contributed by atoms with Crippen LogP contribution in [0, 0.1) is 0 Å². The Morgan fingerprint density at radius 2 is 2.06 bits per heavy atom. The Bertz CT molecular complexity index is 401. The van der Waals surface area contributed by atoms with Crippen molar-refractivity contribution in [2.45, 2.75) is 19.1 Å². The topological polar surface area (TPSA) is 90.1 Å². The SMILES string of the molecule is C[C@@H](O)[C@@H](N=Cc1ccccc1O)C(=O)O. The zero-order valence-corrected chi connectivity index (χ0v) is 8.74. The van der Waals surface area contributed by atoms with E-state index < -0.39 is 18.1 Å². The average molecular weight is 223 g/mol. The summed E-state index contributed by atoms with van der Waals surface area (Å²) < 4.78 is 0. The van der Waals surface area contributed by atoms with Crippen LogP contribution < -0.4 is 0 Å². The second-order valence-corrected chi connectivity index (χ2v) is 3.36. The fraction of sp³-hybridized carbons (Fsp3) is 0.273. The van der Waals surface area contributed by atoms with Crippen LogP contribution in [0.2, 0.25) is 0 Å². The molecule has 1 rings (SSSR count). The quantitative estimate of drug-likeness (QED) is 0.653. The molecule has 0 heterocycles. The van der Waals surface area contributed by atoms with Gasteiger partial charge in [-0.15, -0.1) is 0 Å². The van der Waals surface area contributed by atoms with E-state index in [-0.39, 0.29) is 5.75 Å². The number of aliphatic carboxylic acids is 1. The van der Waals surface area contributed by atoms with Crippen molar-refractivity contribution >= 4 is 12.2 Å². The summed E-state index contributed by atoms with van der Waals surface area (Å²) in [4.78, 5) is 14.4. The first kappa shape index (κ1) is 12.2. The van der Waals surface area contributed by atoms with Crippen molar-refractivity contribution in [3.8, 4) is 5.75 Å². The lowest BCUT2D eigenvalue weighted by Gasteiger charge is -2.09. The number of aliphatic hydroxyl groups is 1. The molecule has 0 bridgehead atoms. The van der Waals surface area contributed by atoms with E-state index in [1.807, 2.05) is 0 Å². The zero-order chi connectivity index (χ0) is 12.1. The maximum atomic E-state index is 10.7. The number of hydrogen-bond acceptors (Lipinski definition) is 4. The fourth-order valence-corrected chi connectivity index (χ4v) is 1.15. The van der Waals surface area contributed by atoms with Gasteiger partial charge in [-0.3, -0.25) is 4.99 Å². The fourth-order valence-electron chi connectivity index (χ4n) is 1.15. The molecule has 0 radical (unpaired) electrons. The molecule has 16 heavy (non-hydrogen) atoms. The van der Waals surface area contributed by atoms with Gasteiger partial charge in [0, 0.05) is 11.8 Å². The first-order valence-corrected chi connectivity index (χ1v) is 4.74. The summed E-state index contributed by atoms with van der Waals surface area (Å²) in [6.07, 6.45) is 0.153. The summed E-state index contributed by atoms with van der Waals surface area (Å²) in [6.45, 7) is 1.35. The number of phenols is 1. The Kier molecular flexibility index (Phi) is 4.02. The van der Waals surface area contributed by atoms with E-state index in [4.69, 9.17) is 5.11 Å². The number of aromatic hydroxyl groups is 1. The maximum Gasteiger partial charge on any atom is 0.331 e. The molecule has 0 aliphatic carbocycles. The van der Waals surface area contributed by atoms with E-state index in [0.29, 0.717) is 5.56 Å². The lowest BCUT2D eigenvalue weighted by Crippen LogP contribution is -2.29. The standard InChI is InChI=1S/C11H13NO4/c1-7(13)10(11(15)16)12-6-8-4-2-3-5-9(8)14/h2-7,10,13-14H,1H3,(H,15,16)/t7-,10-/m1/s1. The minimum atomic E-state index is -1.22. The van der Waals surface area contributed by atoms with Gasteiger partial charge < -0.3 is 15.3 Å². The molecule has 1 aromatic carbocycles. The summed E-state index contributed by atoms with van der Waals surface area (Å²) in [6, 6.07) is 5.19. The number of nitrogens with zero attached hydrogens (tertiary/aromatic N) is 1. The molecule has 0 saturated heterocycles. The van der Waals surface area contributed by atoms with Crippen molar-refractivity contribution in [3.63, 3.8) is 0 Å². The Morgan fingerprint density at radius 1 is 1.44 bits per heavy atom. The molecule has 2 atom stereocenters. The predicted octanol–water partition coefficient (Wildman–Crippen LogP) is 0.645. The molecule has 5 nitrogen and oxygen atoms in total. The van der Waals surface area contributed by atoms with Gasteiger partial charge in [0.05, 0.1) is 6.10 Å². The van der Waals surface area contributed by atoms with Crippen LogP contribution in [-0.4, -0.2) is 39.6 Å². The van der Waals surface area contributed by atoms with E-state index in [0.717, 1.165) is 0 Å². The third-order valence-electron chi connectivity index (χ3n) is 2.02. The summed E-state index contributed by atoms with van der Waals surface area (Å²) >= 11 is 0. The number of para-hydroxylation sites is 1. The van der Waals surface area contributed by atoms with Crippen LogP contribution in [0.1, 0.15) is 12.5 Å². The third-order valence-corrected chi connectivity index (χ3v) is 2.02. The van der Waals surface area contributed by atoms with Gasteiger partial charge in [0.15, 0.2) is 6.04 Å². The Hall–Kier alpha value is -1.88. The van der Waals surface area contributed by atoms with E-state index in [9.17, 15) is 15.0 Å². The lowest BCUT2D eigenvalue weighted by molar-refractivity contribution is -0.140. The van der Waals surface area contributed by atoms with Crippen LogP contribution in [0.4, 0.5) is 0 Å². The van der Waals surface area contributed by atoms with Crippen molar-refractivity contribution in [2.75, 3.05) is 0 Å². The van der Waals surface area contributed by atoms with Crippen LogP contribution in [0.5, 0.6) is 5.75 Å². The van der Waals surface area contributed by atoms with Crippen molar-refractivity contribution in [2.24, 2.45) is 4.99 Å². The number of aliphatic imine (C=N–C) groups is 1. The summed E-state index contributed by atoms with van der Waals surface area (Å²) in [5, 5.41) is 27.3. The van der Waals surface area contributed by atoms with Gasteiger partial charge in [0.2, 0.25) is 0 Å². The second-order valence-electron chi connectivity index (χ2n) is 3.36. The van der Waals surface area contributed by atoms with Gasteiger partial charge in [-0.05, 0) is 19.1 Å². The van der Waals surface area contributed by atoms with Crippen LogP contribution in [-0.2, 0) is 4.79 Å². The number of carboxylic acids is 1. The van der Waals surface area contributed by atoms with E-state index in [1.54, 1.807) is 18.2 Å².